The molecule has 25 heavy (non-hydrogen) atoms. The molecule has 2 aliphatic rings. The number of rotatable bonds is 4. The molecule has 2 heterocycles. The number of nitrogens with zero attached hydrogens (tertiary/aromatic N) is 2. The molecular weight excluding hydrogens is 340 g/mol. The van der Waals surface area contributed by atoms with Gasteiger partial charge in [-0.2, -0.15) is 0 Å². The van der Waals surface area contributed by atoms with Gasteiger partial charge in [0, 0.05) is 45.6 Å². The number of ether oxygens (including phenoxy) is 1. The zero-order chi connectivity index (χ0) is 18.2. The van der Waals surface area contributed by atoms with Crippen LogP contribution >= 0.6 is 0 Å². The Bertz CT molecular complexity index is 747. The molecule has 2 aliphatic heterocycles. The van der Waals surface area contributed by atoms with Gasteiger partial charge in [0.1, 0.15) is 5.75 Å². The number of benzene rings is 1. The van der Waals surface area contributed by atoms with Crippen molar-refractivity contribution in [3.63, 3.8) is 0 Å². The predicted octanol–water partition coefficient (Wildman–Crippen LogP) is 1.02. The molecule has 0 N–H and O–H groups in total. The van der Waals surface area contributed by atoms with Crippen LogP contribution in [-0.2, 0) is 21.2 Å². The summed E-state index contributed by atoms with van der Waals surface area (Å²) in [6.45, 7) is 1.81. The minimum absolute atomic E-state index is 0.0492. The molecule has 0 saturated carbocycles. The molecule has 0 aromatic heterocycles. The van der Waals surface area contributed by atoms with Crippen LogP contribution in [0.4, 0.5) is 0 Å². The molecule has 3 atom stereocenters. The number of fused-ring (bicyclic) bond motifs is 1. The van der Waals surface area contributed by atoms with Gasteiger partial charge >= 0.3 is 0 Å². The van der Waals surface area contributed by atoms with Gasteiger partial charge in [0.2, 0.25) is 5.91 Å². The first kappa shape index (κ1) is 18.2. The minimum atomic E-state index is -3.13. The molecule has 2 saturated heterocycles. The predicted molar refractivity (Wildman–Crippen MR) is 96.1 cm³/mol. The summed E-state index contributed by atoms with van der Waals surface area (Å²) in [5.74, 6) is 0.652. The zero-order valence-electron chi connectivity index (χ0n) is 15.0. The minimum Gasteiger partial charge on any atom is -0.497 e. The first-order valence-electron chi connectivity index (χ1n) is 8.60. The van der Waals surface area contributed by atoms with Crippen LogP contribution in [-0.4, -0.2) is 69.4 Å². The fraction of sp³-hybridized carbons (Fsp3) is 0.611. The number of hydrogen-bond donors (Lipinski definition) is 0. The lowest BCUT2D eigenvalue weighted by atomic mass is 9.87. The van der Waals surface area contributed by atoms with Gasteiger partial charge in [-0.1, -0.05) is 12.1 Å². The molecule has 3 rings (SSSR count). The van der Waals surface area contributed by atoms with Crippen LogP contribution in [0.5, 0.6) is 5.75 Å². The van der Waals surface area contributed by atoms with Gasteiger partial charge in [-0.15, -0.1) is 0 Å². The maximum absolute atomic E-state index is 12.5. The summed E-state index contributed by atoms with van der Waals surface area (Å²) in [7, 11) is 1.98. The van der Waals surface area contributed by atoms with Crippen molar-refractivity contribution in [2.75, 3.05) is 40.0 Å². The molecule has 6 nitrogen and oxygen atoms in total. The summed E-state index contributed by atoms with van der Waals surface area (Å²) in [4.78, 5) is 16.2. The Balaban J connectivity index is 1.78. The van der Waals surface area contributed by atoms with E-state index in [1.54, 1.807) is 26.1 Å². The van der Waals surface area contributed by atoms with Crippen molar-refractivity contribution in [3.8, 4) is 5.75 Å². The van der Waals surface area contributed by atoms with Gasteiger partial charge in [-0.05, 0) is 24.1 Å². The number of sulfone groups is 1. The van der Waals surface area contributed by atoms with Crippen molar-refractivity contribution in [2.24, 2.45) is 11.8 Å². The molecule has 2 fully saturated rings. The second kappa shape index (κ2) is 6.96. The van der Waals surface area contributed by atoms with Gasteiger partial charge in [0.05, 0.1) is 18.1 Å². The quantitative estimate of drug-likeness (QED) is 0.796. The SMILES string of the molecule is COc1cccc(CN2C[C@H]3[C@H](C(=O)N(C)C)CCS(=O)(=O)[C@H]3C2)c1. The van der Waals surface area contributed by atoms with Crippen LogP contribution in [0, 0.1) is 11.8 Å². The largest absolute Gasteiger partial charge is 0.497 e. The smallest absolute Gasteiger partial charge is 0.225 e. The Kier molecular flexibility index (Phi) is 5.06. The molecule has 138 valence electrons. The van der Waals surface area contributed by atoms with Gasteiger partial charge in [0.15, 0.2) is 9.84 Å². The molecule has 7 heteroatoms. The summed E-state index contributed by atoms with van der Waals surface area (Å²) in [5.41, 5.74) is 1.09. The average Bonchev–Trinajstić information content (AvgIpc) is 2.99. The van der Waals surface area contributed by atoms with Crippen LogP contribution in [0.25, 0.3) is 0 Å². The van der Waals surface area contributed by atoms with E-state index in [0.29, 0.717) is 26.1 Å². The summed E-state index contributed by atoms with van der Waals surface area (Å²) < 4.78 is 30.3. The molecule has 1 amide bonds. The summed E-state index contributed by atoms with van der Waals surface area (Å²) >= 11 is 0. The van der Waals surface area contributed by atoms with Gasteiger partial charge in [-0.3, -0.25) is 9.69 Å². The van der Waals surface area contributed by atoms with E-state index in [1.807, 2.05) is 24.3 Å². The molecule has 1 aromatic rings. The number of methoxy groups -OCH3 is 1. The summed E-state index contributed by atoms with van der Waals surface area (Å²) in [6, 6.07) is 7.82. The Hall–Kier alpha value is -1.60. The van der Waals surface area contributed by atoms with E-state index in [4.69, 9.17) is 4.74 Å². The highest BCUT2D eigenvalue weighted by Gasteiger charge is 2.50. The molecule has 0 bridgehead atoms. The maximum Gasteiger partial charge on any atom is 0.225 e. The number of hydrogen-bond acceptors (Lipinski definition) is 5. The lowest BCUT2D eigenvalue weighted by Crippen LogP contribution is -2.46. The van der Waals surface area contributed by atoms with Crippen molar-refractivity contribution in [1.29, 1.82) is 0 Å². The van der Waals surface area contributed by atoms with E-state index < -0.39 is 15.1 Å². The lowest BCUT2D eigenvalue weighted by Gasteiger charge is -2.33. The summed E-state index contributed by atoms with van der Waals surface area (Å²) in [5, 5.41) is -0.430. The molecule has 0 spiro atoms. The van der Waals surface area contributed by atoms with Crippen LogP contribution in [0.1, 0.15) is 12.0 Å². The third kappa shape index (κ3) is 3.67. The average molecular weight is 366 g/mol. The van der Waals surface area contributed by atoms with E-state index in [0.717, 1.165) is 11.3 Å². The highest BCUT2D eigenvalue weighted by Crippen LogP contribution is 2.38. The zero-order valence-corrected chi connectivity index (χ0v) is 15.8. The fourth-order valence-electron chi connectivity index (χ4n) is 4.10. The van der Waals surface area contributed by atoms with Gasteiger partial charge < -0.3 is 9.64 Å². The standard InChI is InChI=1S/C18H26N2O4S/c1-19(2)18(21)15-7-8-25(22,23)17-12-20(11-16(15)17)10-13-5-4-6-14(9-13)24-3/h4-6,9,15-17H,7-8,10-12H2,1-3H3/t15-,16+,17+/m1/s1. The molecule has 0 unspecified atom stereocenters. The number of carbonyl (C=O) groups is 1. The van der Waals surface area contributed by atoms with Crippen molar-refractivity contribution in [2.45, 2.75) is 18.2 Å². The first-order valence-corrected chi connectivity index (χ1v) is 10.3. The van der Waals surface area contributed by atoms with E-state index in [2.05, 4.69) is 4.90 Å². The van der Waals surface area contributed by atoms with Crippen molar-refractivity contribution >= 4 is 15.7 Å². The van der Waals surface area contributed by atoms with Crippen molar-refractivity contribution < 1.29 is 17.9 Å². The van der Waals surface area contributed by atoms with Crippen LogP contribution in [0.2, 0.25) is 0 Å². The Morgan fingerprint density at radius 2 is 2.08 bits per heavy atom. The Labute approximate surface area is 149 Å². The monoisotopic (exact) mass is 366 g/mol. The van der Waals surface area contributed by atoms with E-state index in [1.165, 1.54) is 0 Å². The second-order valence-electron chi connectivity index (χ2n) is 7.24. The molecular formula is C18H26N2O4S. The highest BCUT2D eigenvalue weighted by molar-refractivity contribution is 7.92. The van der Waals surface area contributed by atoms with Gasteiger partial charge in [-0.25, -0.2) is 8.42 Å². The van der Waals surface area contributed by atoms with Crippen LogP contribution in [0.3, 0.4) is 0 Å². The normalized spacial score (nSPS) is 28.4. The van der Waals surface area contributed by atoms with Crippen molar-refractivity contribution in [3.05, 3.63) is 29.8 Å². The number of carbonyl (C=O) groups excluding carboxylic acids is 1. The summed E-state index contributed by atoms with van der Waals surface area (Å²) in [6.07, 6.45) is 0.438. The lowest BCUT2D eigenvalue weighted by molar-refractivity contribution is -0.134. The second-order valence-corrected chi connectivity index (χ2v) is 9.58. The molecule has 1 aromatic carbocycles. The fourth-order valence-corrected chi connectivity index (χ4v) is 6.23. The molecule has 0 radical (unpaired) electrons. The van der Waals surface area contributed by atoms with E-state index in [9.17, 15) is 13.2 Å². The van der Waals surface area contributed by atoms with Crippen LogP contribution in [0.15, 0.2) is 24.3 Å². The van der Waals surface area contributed by atoms with Crippen molar-refractivity contribution in [1.82, 2.24) is 9.80 Å². The van der Waals surface area contributed by atoms with E-state index >= 15 is 0 Å². The number of likely N-dealkylation sites (tertiary alicyclic amines) is 1. The highest BCUT2D eigenvalue weighted by atomic mass is 32.2. The Morgan fingerprint density at radius 1 is 1.32 bits per heavy atom. The first-order chi connectivity index (χ1) is 11.8. The third-order valence-corrected chi connectivity index (χ3v) is 7.60. The van der Waals surface area contributed by atoms with E-state index in [-0.39, 0.29) is 23.5 Å². The topological polar surface area (TPSA) is 66.9 Å². The third-order valence-electron chi connectivity index (χ3n) is 5.37. The Morgan fingerprint density at radius 3 is 2.76 bits per heavy atom. The van der Waals surface area contributed by atoms with Crippen LogP contribution < -0.4 is 4.74 Å². The maximum atomic E-state index is 12.5. The van der Waals surface area contributed by atoms with Gasteiger partial charge in [0.25, 0.3) is 0 Å². The molecule has 0 aliphatic carbocycles. The number of amides is 1.